The fourth-order valence-electron chi connectivity index (χ4n) is 2.30. The molecule has 0 radical (unpaired) electrons. The zero-order valence-electron chi connectivity index (χ0n) is 11.1. The van der Waals surface area contributed by atoms with Gasteiger partial charge in [0.15, 0.2) is 0 Å². The first-order chi connectivity index (χ1) is 9.11. The molecule has 1 saturated carbocycles. The molecule has 106 valence electrons. The van der Waals surface area contributed by atoms with Gasteiger partial charge in [0.25, 0.3) is 0 Å². The SMILES string of the molecule is CCNc1nc(Cl)nc(NCC2(O)CCCCC2)n1. The van der Waals surface area contributed by atoms with E-state index in [1.165, 1.54) is 6.42 Å². The highest BCUT2D eigenvalue weighted by atomic mass is 35.5. The van der Waals surface area contributed by atoms with E-state index in [4.69, 9.17) is 11.6 Å². The van der Waals surface area contributed by atoms with Crippen LogP contribution in [-0.4, -0.2) is 38.7 Å². The van der Waals surface area contributed by atoms with Crippen LogP contribution in [0.5, 0.6) is 0 Å². The molecule has 0 spiro atoms. The second-order valence-electron chi connectivity index (χ2n) is 4.92. The summed E-state index contributed by atoms with van der Waals surface area (Å²) in [6, 6.07) is 0. The van der Waals surface area contributed by atoms with Crippen molar-refractivity contribution in [1.82, 2.24) is 15.0 Å². The van der Waals surface area contributed by atoms with Gasteiger partial charge in [-0.25, -0.2) is 0 Å². The molecule has 19 heavy (non-hydrogen) atoms. The molecule has 2 rings (SSSR count). The van der Waals surface area contributed by atoms with Gasteiger partial charge in [0.1, 0.15) is 0 Å². The summed E-state index contributed by atoms with van der Waals surface area (Å²) in [7, 11) is 0. The predicted octanol–water partition coefficient (Wildman–Crippen LogP) is 2.06. The van der Waals surface area contributed by atoms with E-state index < -0.39 is 5.60 Å². The van der Waals surface area contributed by atoms with Crippen molar-refractivity contribution in [2.75, 3.05) is 23.7 Å². The number of aliphatic hydroxyl groups is 1. The summed E-state index contributed by atoms with van der Waals surface area (Å²) in [6.07, 6.45) is 4.97. The largest absolute Gasteiger partial charge is 0.388 e. The monoisotopic (exact) mass is 285 g/mol. The number of anilines is 2. The molecule has 0 aromatic carbocycles. The third kappa shape index (κ3) is 4.18. The standard InChI is InChI=1S/C12H20ClN5O/c1-2-14-10-16-9(13)17-11(18-10)15-8-12(19)6-4-3-5-7-12/h19H,2-8H2,1H3,(H2,14,15,16,17,18). The van der Waals surface area contributed by atoms with Crippen LogP contribution in [0.4, 0.5) is 11.9 Å². The van der Waals surface area contributed by atoms with Gasteiger partial charge < -0.3 is 15.7 Å². The summed E-state index contributed by atoms with van der Waals surface area (Å²) in [6.45, 7) is 3.11. The van der Waals surface area contributed by atoms with Crippen LogP contribution in [0, 0.1) is 0 Å². The smallest absolute Gasteiger partial charge is 0.228 e. The van der Waals surface area contributed by atoms with Crippen LogP contribution in [0.3, 0.4) is 0 Å². The van der Waals surface area contributed by atoms with E-state index >= 15 is 0 Å². The minimum absolute atomic E-state index is 0.143. The molecule has 1 aromatic heterocycles. The topological polar surface area (TPSA) is 83.0 Å². The number of hydrogen-bond acceptors (Lipinski definition) is 6. The maximum atomic E-state index is 10.4. The lowest BCUT2D eigenvalue weighted by atomic mass is 9.85. The highest BCUT2D eigenvalue weighted by Gasteiger charge is 2.29. The Morgan fingerprint density at radius 1 is 1.11 bits per heavy atom. The Morgan fingerprint density at radius 3 is 2.37 bits per heavy atom. The van der Waals surface area contributed by atoms with Crippen molar-refractivity contribution < 1.29 is 5.11 Å². The summed E-state index contributed by atoms with van der Waals surface area (Å²) >= 11 is 5.84. The first-order valence-electron chi connectivity index (χ1n) is 6.73. The van der Waals surface area contributed by atoms with Gasteiger partial charge in [0, 0.05) is 13.1 Å². The Balaban J connectivity index is 1.98. The third-order valence-corrected chi connectivity index (χ3v) is 3.47. The first kappa shape index (κ1) is 14.3. The molecule has 6 nitrogen and oxygen atoms in total. The van der Waals surface area contributed by atoms with E-state index in [1.54, 1.807) is 0 Å². The van der Waals surface area contributed by atoms with Crippen molar-refractivity contribution in [2.24, 2.45) is 0 Å². The van der Waals surface area contributed by atoms with Crippen LogP contribution in [0.25, 0.3) is 0 Å². The van der Waals surface area contributed by atoms with Crippen molar-refractivity contribution in [3.05, 3.63) is 5.28 Å². The molecule has 1 fully saturated rings. The Bertz CT molecular complexity index is 423. The first-order valence-corrected chi connectivity index (χ1v) is 7.11. The highest BCUT2D eigenvalue weighted by Crippen LogP contribution is 2.28. The van der Waals surface area contributed by atoms with Gasteiger partial charge in [-0.1, -0.05) is 19.3 Å². The van der Waals surface area contributed by atoms with Crippen LogP contribution in [0.2, 0.25) is 5.28 Å². The van der Waals surface area contributed by atoms with Gasteiger partial charge in [-0.3, -0.25) is 0 Å². The Labute approximate surface area is 118 Å². The van der Waals surface area contributed by atoms with Crippen LogP contribution in [0.1, 0.15) is 39.0 Å². The maximum absolute atomic E-state index is 10.4. The van der Waals surface area contributed by atoms with Crippen LogP contribution in [0.15, 0.2) is 0 Å². The molecule has 1 aliphatic carbocycles. The minimum Gasteiger partial charge on any atom is -0.388 e. The van der Waals surface area contributed by atoms with Gasteiger partial charge in [-0.15, -0.1) is 0 Å². The molecular weight excluding hydrogens is 266 g/mol. The summed E-state index contributed by atoms with van der Waals surface area (Å²) in [5.74, 6) is 0.843. The van der Waals surface area contributed by atoms with E-state index in [2.05, 4.69) is 25.6 Å². The zero-order chi connectivity index (χ0) is 13.7. The van der Waals surface area contributed by atoms with E-state index in [1.807, 2.05) is 6.92 Å². The highest BCUT2D eigenvalue weighted by molar-refractivity contribution is 6.28. The summed E-state index contributed by atoms with van der Waals surface area (Å²) in [5, 5.41) is 16.6. The Kier molecular flexibility index (Phi) is 4.76. The van der Waals surface area contributed by atoms with Crippen LogP contribution >= 0.6 is 11.6 Å². The Hall–Kier alpha value is -1.14. The zero-order valence-corrected chi connectivity index (χ0v) is 11.9. The second-order valence-corrected chi connectivity index (χ2v) is 5.26. The summed E-state index contributed by atoms with van der Waals surface area (Å²) < 4.78 is 0. The van der Waals surface area contributed by atoms with Gasteiger partial charge >= 0.3 is 0 Å². The van der Waals surface area contributed by atoms with Gasteiger partial charge in [0.05, 0.1) is 5.60 Å². The van der Waals surface area contributed by atoms with Gasteiger partial charge in [-0.2, -0.15) is 15.0 Å². The molecule has 0 atom stereocenters. The molecule has 0 aliphatic heterocycles. The molecule has 0 bridgehead atoms. The van der Waals surface area contributed by atoms with Crippen molar-refractivity contribution in [2.45, 2.75) is 44.6 Å². The van der Waals surface area contributed by atoms with E-state index in [9.17, 15) is 5.11 Å². The quantitative estimate of drug-likeness (QED) is 0.768. The molecule has 0 unspecified atom stereocenters. The summed E-state index contributed by atoms with van der Waals surface area (Å²) in [5.41, 5.74) is -0.657. The second kappa shape index (κ2) is 6.34. The fraction of sp³-hybridized carbons (Fsp3) is 0.750. The number of nitrogens with one attached hydrogen (secondary N) is 2. The van der Waals surface area contributed by atoms with Crippen LogP contribution in [-0.2, 0) is 0 Å². The molecule has 3 N–H and O–H groups in total. The number of rotatable bonds is 5. The van der Waals surface area contributed by atoms with Crippen molar-refractivity contribution in [1.29, 1.82) is 0 Å². The van der Waals surface area contributed by atoms with E-state index in [0.717, 1.165) is 25.7 Å². The summed E-state index contributed by atoms with van der Waals surface area (Å²) in [4.78, 5) is 12.2. The van der Waals surface area contributed by atoms with Crippen molar-refractivity contribution >= 4 is 23.5 Å². The molecule has 0 saturated heterocycles. The fourth-order valence-corrected chi connectivity index (χ4v) is 2.46. The normalized spacial score (nSPS) is 18.1. The molecule has 0 amide bonds. The number of halogens is 1. The predicted molar refractivity (Wildman–Crippen MR) is 75.5 cm³/mol. The lowest BCUT2D eigenvalue weighted by molar-refractivity contribution is 0.0166. The molecule has 1 heterocycles. The van der Waals surface area contributed by atoms with Crippen LogP contribution < -0.4 is 10.6 Å². The average Bonchev–Trinajstić information content (AvgIpc) is 2.37. The molecule has 7 heteroatoms. The lowest BCUT2D eigenvalue weighted by Crippen LogP contribution is -2.39. The molecule has 1 aliphatic rings. The van der Waals surface area contributed by atoms with Gasteiger partial charge in [0.2, 0.25) is 17.2 Å². The van der Waals surface area contributed by atoms with Gasteiger partial charge in [-0.05, 0) is 31.4 Å². The maximum Gasteiger partial charge on any atom is 0.228 e. The number of nitrogens with zero attached hydrogens (tertiary/aromatic N) is 3. The molecular formula is C12H20ClN5O. The Morgan fingerprint density at radius 2 is 1.74 bits per heavy atom. The number of aromatic nitrogens is 3. The molecule has 1 aromatic rings. The minimum atomic E-state index is -0.657. The van der Waals surface area contributed by atoms with Crippen molar-refractivity contribution in [3.8, 4) is 0 Å². The van der Waals surface area contributed by atoms with E-state index in [0.29, 0.717) is 25.0 Å². The van der Waals surface area contributed by atoms with E-state index in [-0.39, 0.29) is 5.28 Å². The lowest BCUT2D eigenvalue weighted by Gasteiger charge is -2.32. The van der Waals surface area contributed by atoms with Crippen molar-refractivity contribution in [3.63, 3.8) is 0 Å². The number of hydrogen-bond donors (Lipinski definition) is 3. The average molecular weight is 286 g/mol. The third-order valence-electron chi connectivity index (χ3n) is 3.30.